The fraction of sp³-hybridized carbons (Fsp3) is 0.206. The Balaban J connectivity index is 1.12. The van der Waals surface area contributed by atoms with Gasteiger partial charge in [0.25, 0.3) is 0 Å². The van der Waals surface area contributed by atoms with Crippen molar-refractivity contribution in [3.8, 4) is 0 Å². The highest BCUT2D eigenvalue weighted by Gasteiger charge is 2.30. The van der Waals surface area contributed by atoms with Gasteiger partial charge in [0.1, 0.15) is 0 Å². The molecular formula is C68H64N4SSi. The van der Waals surface area contributed by atoms with E-state index in [2.05, 4.69) is 276 Å². The number of nitrogens with zero attached hydrogens (tertiary/aromatic N) is 4. The molecule has 0 aliphatic heterocycles. The van der Waals surface area contributed by atoms with E-state index in [9.17, 15) is 0 Å². The molecule has 0 aliphatic rings. The molecule has 4 heterocycles. The lowest BCUT2D eigenvalue weighted by Gasteiger charge is -2.27. The highest BCUT2D eigenvalue weighted by molar-refractivity contribution is 7.99. The topological polar surface area (TPSA) is 15.3 Å². The molecule has 0 aliphatic carbocycles. The summed E-state index contributed by atoms with van der Waals surface area (Å²) in [6.07, 6.45) is 0. The van der Waals surface area contributed by atoms with Gasteiger partial charge in [0, 0.05) is 76.0 Å². The monoisotopic (exact) mass is 996 g/mol. The lowest BCUT2D eigenvalue weighted by Crippen LogP contribution is -2.37. The number of hydrogen-bond donors (Lipinski definition) is 0. The van der Waals surface area contributed by atoms with Crippen LogP contribution in [-0.2, 0) is 10.8 Å². The molecule has 0 bridgehead atoms. The van der Waals surface area contributed by atoms with Crippen molar-refractivity contribution >= 4 is 135 Å². The van der Waals surface area contributed by atoms with Crippen LogP contribution in [0.2, 0.25) is 19.6 Å². The van der Waals surface area contributed by atoms with Crippen molar-refractivity contribution in [1.29, 1.82) is 0 Å². The average molecular weight is 997 g/mol. The van der Waals surface area contributed by atoms with E-state index >= 15 is 0 Å². The van der Waals surface area contributed by atoms with Crippen LogP contribution in [0.15, 0.2) is 187 Å². The van der Waals surface area contributed by atoms with Crippen molar-refractivity contribution in [3.63, 3.8) is 0 Å². The van der Waals surface area contributed by atoms with Crippen molar-refractivity contribution in [2.45, 2.75) is 96.0 Å². The molecule has 9 aromatic carbocycles. The van der Waals surface area contributed by atoms with Crippen molar-refractivity contribution in [2.24, 2.45) is 0 Å². The number of hydrogen-bond acceptors (Lipinski definition) is 3. The van der Waals surface area contributed by atoms with Gasteiger partial charge in [-0.25, -0.2) is 0 Å². The number of fused-ring (bicyclic) bond motifs is 12. The van der Waals surface area contributed by atoms with Crippen LogP contribution >= 0.6 is 11.8 Å². The maximum atomic E-state index is 2.59. The molecule has 0 saturated heterocycles. The standard InChI is InChI=1S/C68H64N4SSi/c1-42(2)73-49-28-24-47(25-29-49)69(45-18-14-12-15-19-45)59-36-32-51-53-40-62-54(41-61(53)71-57-34-22-43(67(3,4)5)38-55(57)63(59)65(51)71)52-33-37-60(64-56-39-44(68(6,7)8)23-35-58(56)72(62)66(52)64)70(46-20-16-13-17-21-46)48-26-30-50(31-27-48)74(9,10)11/h12-42H,1-11H3. The van der Waals surface area contributed by atoms with Gasteiger partial charge in [0.15, 0.2) is 0 Å². The van der Waals surface area contributed by atoms with E-state index in [0.717, 1.165) is 22.7 Å². The summed E-state index contributed by atoms with van der Waals surface area (Å²) in [7, 11) is -1.52. The van der Waals surface area contributed by atoms with Crippen molar-refractivity contribution in [1.82, 2.24) is 8.80 Å². The minimum Gasteiger partial charge on any atom is -0.310 e. The third-order valence-corrected chi connectivity index (χ3v) is 18.7. The van der Waals surface area contributed by atoms with Crippen LogP contribution in [0.3, 0.4) is 0 Å². The van der Waals surface area contributed by atoms with Gasteiger partial charge in [-0.15, -0.1) is 11.8 Å². The zero-order valence-corrected chi connectivity index (χ0v) is 46.4. The predicted octanol–water partition coefficient (Wildman–Crippen LogP) is 19.6. The number of anilines is 6. The summed E-state index contributed by atoms with van der Waals surface area (Å²) in [5.74, 6) is 0. The zero-order chi connectivity index (χ0) is 51.2. The summed E-state index contributed by atoms with van der Waals surface area (Å²) in [6, 6.07) is 69.6. The first kappa shape index (κ1) is 46.5. The van der Waals surface area contributed by atoms with Crippen LogP contribution in [-0.4, -0.2) is 22.1 Å². The van der Waals surface area contributed by atoms with Gasteiger partial charge in [0.05, 0.1) is 52.5 Å². The first-order valence-corrected chi connectivity index (χ1v) is 30.8. The molecule has 13 aromatic rings. The summed E-state index contributed by atoms with van der Waals surface area (Å²) in [4.78, 5) is 6.25. The third-order valence-electron chi connectivity index (χ3n) is 15.6. The molecule has 4 aromatic heterocycles. The third kappa shape index (κ3) is 7.23. The van der Waals surface area contributed by atoms with E-state index in [4.69, 9.17) is 0 Å². The lowest BCUT2D eigenvalue weighted by molar-refractivity contribution is 0.591. The minimum atomic E-state index is -1.52. The summed E-state index contributed by atoms with van der Waals surface area (Å²) >= 11 is 1.91. The van der Waals surface area contributed by atoms with Gasteiger partial charge in [-0.2, -0.15) is 0 Å². The Kier molecular flexibility index (Phi) is 10.5. The lowest BCUT2D eigenvalue weighted by atomic mass is 9.86. The number of rotatable bonds is 9. The van der Waals surface area contributed by atoms with E-state index in [1.165, 1.54) is 109 Å². The summed E-state index contributed by atoms with van der Waals surface area (Å²) in [5, 5.41) is 12.2. The van der Waals surface area contributed by atoms with E-state index < -0.39 is 8.07 Å². The highest BCUT2D eigenvalue weighted by atomic mass is 32.2. The summed E-state index contributed by atoms with van der Waals surface area (Å²) in [5.41, 5.74) is 17.0. The Hall–Kier alpha value is -7.25. The van der Waals surface area contributed by atoms with Gasteiger partial charge in [-0.1, -0.05) is 153 Å². The first-order chi connectivity index (χ1) is 35.4. The smallest absolute Gasteiger partial charge is 0.0775 e. The van der Waals surface area contributed by atoms with Crippen LogP contribution in [0.1, 0.15) is 66.5 Å². The fourth-order valence-corrected chi connectivity index (χ4v) is 13.9. The molecule has 0 N–H and O–H groups in total. The van der Waals surface area contributed by atoms with Gasteiger partial charge >= 0.3 is 0 Å². The van der Waals surface area contributed by atoms with E-state index in [-0.39, 0.29) is 10.8 Å². The molecule has 0 unspecified atom stereocenters. The molecule has 74 heavy (non-hydrogen) atoms. The SMILES string of the molecule is CC(C)Sc1ccc(N(c2ccccc2)c2ccc3c4cc5c(cc4n4c6ccc(C(C)(C)C)cc6c2c34)c2ccc(N(c3ccccc3)c3ccc([Si](C)(C)C)cc3)c3c4cc(C(C)(C)C)ccc4n5c23)cc1. The number of para-hydroxylation sites is 2. The molecule has 0 atom stereocenters. The summed E-state index contributed by atoms with van der Waals surface area (Å²) < 4.78 is 5.18. The minimum absolute atomic E-state index is 0.0250. The van der Waals surface area contributed by atoms with E-state index in [1.54, 1.807) is 0 Å². The summed E-state index contributed by atoms with van der Waals surface area (Å²) in [6.45, 7) is 25.8. The Bertz CT molecular complexity index is 4280. The van der Waals surface area contributed by atoms with Crippen LogP contribution in [0.25, 0.3) is 76.2 Å². The molecule has 6 heteroatoms. The fourth-order valence-electron chi connectivity index (χ4n) is 11.9. The van der Waals surface area contributed by atoms with Gasteiger partial charge in [-0.05, 0) is 131 Å². The second-order valence-corrected chi connectivity index (χ2v) is 30.8. The van der Waals surface area contributed by atoms with E-state index in [1.807, 2.05) is 11.8 Å². The van der Waals surface area contributed by atoms with Gasteiger partial charge in [0.2, 0.25) is 0 Å². The quantitative estimate of drug-likeness (QED) is 0.106. The highest BCUT2D eigenvalue weighted by Crippen LogP contribution is 2.52. The Morgan fingerprint density at radius 2 is 0.811 bits per heavy atom. The predicted molar refractivity (Wildman–Crippen MR) is 326 cm³/mol. The molecule has 0 radical (unpaired) electrons. The zero-order valence-electron chi connectivity index (χ0n) is 44.6. The number of benzene rings is 9. The van der Waals surface area contributed by atoms with Crippen LogP contribution in [0.5, 0.6) is 0 Å². The maximum Gasteiger partial charge on any atom is 0.0775 e. The first-order valence-electron chi connectivity index (χ1n) is 26.4. The molecule has 0 fully saturated rings. The Morgan fingerprint density at radius 1 is 0.405 bits per heavy atom. The molecule has 0 amide bonds. The van der Waals surface area contributed by atoms with Crippen molar-refractivity contribution in [3.05, 3.63) is 193 Å². The molecule has 13 rings (SSSR count). The van der Waals surface area contributed by atoms with Gasteiger partial charge < -0.3 is 18.6 Å². The van der Waals surface area contributed by atoms with Crippen LogP contribution < -0.4 is 15.0 Å². The molecule has 4 nitrogen and oxygen atoms in total. The second-order valence-electron chi connectivity index (χ2n) is 24.0. The molecular weight excluding hydrogens is 933 g/mol. The Labute approximate surface area is 440 Å². The maximum absolute atomic E-state index is 2.59. The van der Waals surface area contributed by atoms with Crippen molar-refractivity contribution in [2.75, 3.05) is 9.80 Å². The van der Waals surface area contributed by atoms with Crippen LogP contribution in [0.4, 0.5) is 34.1 Å². The largest absolute Gasteiger partial charge is 0.310 e. The number of aromatic nitrogens is 2. The van der Waals surface area contributed by atoms with E-state index in [0.29, 0.717) is 5.25 Å². The molecule has 366 valence electrons. The average Bonchev–Trinajstić information content (AvgIpc) is 4.10. The van der Waals surface area contributed by atoms with Gasteiger partial charge in [-0.3, -0.25) is 0 Å². The second kappa shape index (κ2) is 16.6. The van der Waals surface area contributed by atoms with Crippen molar-refractivity contribution < 1.29 is 0 Å². The van der Waals surface area contributed by atoms with Crippen LogP contribution in [0, 0.1) is 0 Å². The number of thioether (sulfide) groups is 1. The Morgan fingerprint density at radius 3 is 1.20 bits per heavy atom. The molecule has 0 saturated carbocycles. The normalized spacial score (nSPS) is 13.0. The molecule has 0 spiro atoms.